The van der Waals surface area contributed by atoms with Crippen LogP contribution in [0.15, 0.2) is 18.2 Å². The number of hydrogen-bond donors (Lipinski definition) is 0. The van der Waals surface area contributed by atoms with Gasteiger partial charge in [0.1, 0.15) is 12.4 Å². The lowest BCUT2D eigenvalue weighted by Gasteiger charge is -2.31. The Morgan fingerprint density at radius 1 is 1.33 bits per heavy atom. The van der Waals surface area contributed by atoms with Gasteiger partial charge in [0, 0.05) is 11.6 Å². The monoisotopic (exact) mass is 263 g/mol. The molecule has 0 atom stereocenters. The smallest absolute Gasteiger partial charge is 0.357 e. The highest BCUT2D eigenvalue weighted by Gasteiger charge is 2.33. The molecule has 0 aliphatic carbocycles. The quantitative estimate of drug-likeness (QED) is 0.613. The molecule has 0 saturated carbocycles. The molecule has 0 amide bonds. The van der Waals surface area contributed by atoms with E-state index in [0.717, 1.165) is 11.0 Å². The number of rotatable bonds is 4. The molecule has 0 radical (unpaired) electrons. The minimum Gasteiger partial charge on any atom is -0.357 e. The maximum absolute atomic E-state index is 13.7. The highest BCUT2D eigenvalue weighted by Crippen LogP contribution is 2.28. The minimum absolute atomic E-state index is 0.0899. The number of halogens is 4. The van der Waals surface area contributed by atoms with Gasteiger partial charge in [0.2, 0.25) is 0 Å². The van der Waals surface area contributed by atoms with Crippen LogP contribution in [0.2, 0.25) is 0 Å². The van der Waals surface area contributed by atoms with Crippen molar-refractivity contribution < 1.29 is 22.4 Å². The van der Waals surface area contributed by atoms with E-state index in [4.69, 9.17) is 0 Å². The van der Waals surface area contributed by atoms with Gasteiger partial charge in [0.15, 0.2) is 6.29 Å². The molecule has 1 aromatic rings. The highest BCUT2D eigenvalue weighted by atomic mass is 19.4. The van der Waals surface area contributed by atoms with Gasteiger partial charge < -0.3 is 4.90 Å². The third-order valence-corrected chi connectivity index (χ3v) is 2.41. The van der Waals surface area contributed by atoms with Crippen LogP contribution in [0.3, 0.4) is 0 Å². The second-order valence-electron chi connectivity index (χ2n) is 4.13. The summed E-state index contributed by atoms with van der Waals surface area (Å²) < 4.78 is 51.1. The van der Waals surface area contributed by atoms with Crippen LogP contribution in [-0.2, 0) is 0 Å². The van der Waals surface area contributed by atoms with E-state index in [1.165, 1.54) is 26.0 Å². The van der Waals surface area contributed by atoms with Crippen molar-refractivity contribution in [2.45, 2.75) is 26.1 Å². The molecule has 0 aromatic heterocycles. The van der Waals surface area contributed by atoms with Crippen LogP contribution in [0.1, 0.15) is 24.2 Å². The fourth-order valence-electron chi connectivity index (χ4n) is 1.64. The Bertz CT molecular complexity index is 429. The highest BCUT2D eigenvalue weighted by molar-refractivity contribution is 5.85. The fraction of sp³-hybridized carbons (Fsp3) is 0.417. The lowest BCUT2D eigenvalue weighted by Crippen LogP contribution is -2.40. The van der Waals surface area contributed by atoms with Crippen LogP contribution in [0, 0.1) is 5.82 Å². The molecule has 18 heavy (non-hydrogen) atoms. The standard InChI is InChI=1S/C12H13F4NO/c1-8(2)17(7-12(14,15)16)11-9(6-18)4-3-5-10(11)13/h3-6,8H,7H2,1-2H3. The maximum Gasteiger partial charge on any atom is 0.405 e. The number of anilines is 1. The van der Waals surface area contributed by atoms with Crippen molar-refractivity contribution in [3.05, 3.63) is 29.6 Å². The first kappa shape index (κ1) is 14.5. The average molecular weight is 263 g/mol. The molecule has 2 nitrogen and oxygen atoms in total. The van der Waals surface area contributed by atoms with Gasteiger partial charge in [0.05, 0.1) is 5.69 Å². The largest absolute Gasteiger partial charge is 0.405 e. The van der Waals surface area contributed by atoms with Gasteiger partial charge in [-0.05, 0) is 26.0 Å². The predicted octanol–water partition coefficient (Wildman–Crippen LogP) is 3.42. The summed E-state index contributed by atoms with van der Waals surface area (Å²) in [6, 6.07) is 3.03. The van der Waals surface area contributed by atoms with E-state index in [0.29, 0.717) is 6.29 Å². The molecule has 0 fully saturated rings. The first-order valence-electron chi connectivity index (χ1n) is 5.33. The molecular formula is C12H13F4NO. The molecule has 1 aromatic carbocycles. The number of aldehydes is 1. The van der Waals surface area contributed by atoms with Crippen LogP contribution >= 0.6 is 0 Å². The summed E-state index contributed by atoms with van der Waals surface area (Å²) in [5.41, 5.74) is -0.396. The van der Waals surface area contributed by atoms with Gasteiger partial charge >= 0.3 is 6.18 Å². The molecule has 1 rings (SSSR count). The summed E-state index contributed by atoms with van der Waals surface area (Å²) in [5.74, 6) is -0.836. The molecule has 0 N–H and O–H groups in total. The van der Waals surface area contributed by atoms with Crippen molar-refractivity contribution in [1.29, 1.82) is 0 Å². The number of alkyl halides is 3. The number of carbonyl (C=O) groups excluding carboxylic acids is 1. The van der Waals surface area contributed by atoms with Gasteiger partial charge in [-0.1, -0.05) is 6.07 Å². The molecule has 0 spiro atoms. The van der Waals surface area contributed by atoms with Gasteiger partial charge in [-0.2, -0.15) is 13.2 Å². The maximum atomic E-state index is 13.7. The summed E-state index contributed by atoms with van der Waals surface area (Å²) in [6.07, 6.45) is -4.11. The molecule has 0 saturated heterocycles. The Kier molecular flexibility index (Phi) is 4.32. The van der Waals surface area contributed by atoms with Crippen molar-refractivity contribution in [2.24, 2.45) is 0 Å². The molecule has 100 valence electrons. The number of para-hydroxylation sites is 1. The van der Waals surface area contributed by atoms with Crippen molar-refractivity contribution in [3.8, 4) is 0 Å². The zero-order valence-corrected chi connectivity index (χ0v) is 9.96. The lowest BCUT2D eigenvalue weighted by atomic mass is 10.1. The van der Waals surface area contributed by atoms with E-state index >= 15 is 0 Å². The number of carbonyl (C=O) groups is 1. The molecule has 6 heteroatoms. The molecule has 0 aliphatic rings. The molecule has 0 aliphatic heterocycles. The SMILES string of the molecule is CC(C)N(CC(F)(F)F)c1c(F)cccc1C=O. The topological polar surface area (TPSA) is 20.3 Å². The van der Waals surface area contributed by atoms with Gasteiger partial charge in [-0.25, -0.2) is 4.39 Å². The fourth-order valence-corrected chi connectivity index (χ4v) is 1.64. The van der Waals surface area contributed by atoms with E-state index in [-0.39, 0.29) is 11.3 Å². The third-order valence-electron chi connectivity index (χ3n) is 2.41. The molecule has 0 unspecified atom stereocenters. The van der Waals surface area contributed by atoms with Crippen LogP contribution in [0.4, 0.5) is 23.2 Å². The van der Waals surface area contributed by atoms with Crippen molar-refractivity contribution in [2.75, 3.05) is 11.4 Å². The van der Waals surface area contributed by atoms with Gasteiger partial charge in [0.25, 0.3) is 0 Å². The van der Waals surface area contributed by atoms with Crippen LogP contribution < -0.4 is 4.90 Å². The minimum atomic E-state index is -4.47. The van der Waals surface area contributed by atoms with Crippen molar-refractivity contribution in [1.82, 2.24) is 0 Å². The summed E-state index contributed by atoms with van der Waals surface area (Å²) in [4.78, 5) is 11.6. The predicted molar refractivity (Wildman–Crippen MR) is 60.3 cm³/mol. The van der Waals surface area contributed by atoms with Crippen LogP contribution in [0.25, 0.3) is 0 Å². The third kappa shape index (κ3) is 3.45. The Hall–Kier alpha value is -1.59. The second kappa shape index (κ2) is 5.37. The summed E-state index contributed by atoms with van der Waals surface area (Å²) in [7, 11) is 0. The van der Waals surface area contributed by atoms with E-state index in [1.54, 1.807) is 0 Å². The van der Waals surface area contributed by atoms with E-state index in [9.17, 15) is 22.4 Å². The van der Waals surface area contributed by atoms with Crippen molar-refractivity contribution in [3.63, 3.8) is 0 Å². The average Bonchev–Trinajstić information content (AvgIpc) is 2.24. The Morgan fingerprint density at radius 3 is 2.39 bits per heavy atom. The number of hydrogen-bond acceptors (Lipinski definition) is 2. The van der Waals surface area contributed by atoms with Crippen molar-refractivity contribution >= 4 is 12.0 Å². The summed E-state index contributed by atoms with van der Waals surface area (Å²) in [5, 5.41) is 0. The Labute approximate surface area is 102 Å². The first-order chi connectivity index (χ1) is 8.26. The molecule has 0 heterocycles. The normalized spacial score (nSPS) is 11.7. The Morgan fingerprint density at radius 2 is 1.94 bits per heavy atom. The second-order valence-corrected chi connectivity index (χ2v) is 4.13. The van der Waals surface area contributed by atoms with E-state index in [2.05, 4.69) is 0 Å². The van der Waals surface area contributed by atoms with E-state index < -0.39 is 24.6 Å². The first-order valence-corrected chi connectivity index (χ1v) is 5.33. The van der Waals surface area contributed by atoms with Gasteiger partial charge in [-0.15, -0.1) is 0 Å². The molecule has 0 bridgehead atoms. The summed E-state index contributed by atoms with van der Waals surface area (Å²) >= 11 is 0. The van der Waals surface area contributed by atoms with Crippen LogP contribution in [-0.4, -0.2) is 25.0 Å². The number of nitrogens with zero attached hydrogens (tertiary/aromatic N) is 1. The summed E-state index contributed by atoms with van der Waals surface area (Å²) in [6.45, 7) is 1.71. The zero-order chi connectivity index (χ0) is 13.9. The number of benzene rings is 1. The van der Waals surface area contributed by atoms with E-state index in [1.807, 2.05) is 0 Å². The van der Waals surface area contributed by atoms with Crippen LogP contribution in [0.5, 0.6) is 0 Å². The zero-order valence-electron chi connectivity index (χ0n) is 9.96. The lowest BCUT2D eigenvalue weighted by molar-refractivity contribution is -0.120. The molecular weight excluding hydrogens is 250 g/mol. The van der Waals surface area contributed by atoms with Gasteiger partial charge in [-0.3, -0.25) is 4.79 Å². The Balaban J connectivity index is 3.25.